The Morgan fingerprint density at radius 3 is 2.29 bits per heavy atom. The molecule has 0 aliphatic carbocycles. The molecule has 0 saturated carbocycles. The number of hydrogen-bond donors (Lipinski definition) is 1. The highest BCUT2D eigenvalue weighted by molar-refractivity contribution is 7.99. The number of benzene rings is 2. The van der Waals surface area contributed by atoms with E-state index in [4.69, 9.17) is 9.47 Å². The third-order valence-electron chi connectivity index (χ3n) is 6.58. The minimum absolute atomic E-state index is 0.155. The van der Waals surface area contributed by atoms with E-state index in [0.29, 0.717) is 24.3 Å². The van der Waals surface area contributed by atoms with Crippen LogP contribution in [0.25, 0.3) is 0 Å². The standard InChI is InChI=1S/C32H38N2O5S2/c1-32(2,3)39-29(35)19-34-27(28-15-10-18-41-28)22-40-21-26(30(34)36)33-25(17-16-23-11-6-4-7-12-23)31(37)38-20-24-13-8-5-9-14-24/h4-15,18,25-27,33H,16-17,19-22H2,1-3H3/t25-,26?,27?/m1/s1. The van der Waals surface area contributed by atoms with Gasteiger partial charge in [0.15, 0.2) is 0 Å². The molecule has 3 aromatic rings. The summed E-state index contributed by atoms with van der Waals surface area (Å²) >= 11 is 3.19. The Morgan fingerprint density at radius 2 is 1.66 bits per heavy atom. The summed E-state index contributed by atoms with van der Waals surface area (Å²) in [4.78, 5) is 43.0. The van der Waals surface area contributed by atoms with Crippen LogP contribution in [-0.2, 0) is 36.9 Å². The molecule has 1 N–H and O–H groups in total. The van der Waals surface area contributed by atoms with E-state index in [-0.39, 0.29) is 25.1 Å². The quantitative estimate of drug-likeness (QED) is 0.297. The first-order chi connectivity index (χ1) is 19.7. The van der Waals surface area contributed by atoms with Crippen LogP contribution >= 0.6 is 23.1 Å². The molecule has 9 heteroatoms. The van der Waals surface area contributed by atoms with Crippen LogP contribution < -0.4 is 5.32 Å². The van der Waals surface area contributed by atoms with Crippen LogP contribution in [0.3, 0.4) is 0 Å². The molecule has 0 bridgehead atoms. The second-order valence-electron chi connectivity index (χ2n) is 11.0. The predicted molar refractivity (Wildman–Crippen MR) is 164 cm³/mol. The molecule has 3 atom stereocenters. The summed E-state index contributed by atoms with van der Waals surface area (Å²) in [6.07, 6.45) is 1.11. The van der Waals surface area contributed by atoms with Gasteiger partial charge in [-0.15, -0.1) is 11.3 Å². The summed E-state index contributed by atoms with van der Waals surface area (Å²) < 4.78 is 11.3. The Labute approximate surface area is 250 Å². The first-order valence-corrected chi connectivity index (χ1v) is 15.9. The number of ether oxygens (including phenoxy) is 2. The van der Waals surface area contributed by atoms with E-state index < -0.39 is 29.6 Å². The molecule has 0 radical (unpaired) electrons. The van der Waals surface area contributed by atoms with E-state index in [2.05, 4.69) is 5.32 Å². The van der Waals surface area contributed by atoms with Gasteiger partial charge in [0.2, 0.25) is 5.91 Å². The smallest absolute Gasteiger partial charge is 0.326 e. The fraction of sp³-hybridized carbons (Fsp3) is 0.406. The van der Waals surface area contributed by atoms with Crippen molar-refractivity contribution in [3.63, 3.8) is 0 Å². The molecule has 41 heavy (non-hydrogen) atoms. The monoisotopic (exact) mass is 594 g/mol. The van der Waals surface area contributed by atoms with Crippen molar-refractivity contribution >= 4 is 40.9 Å². The molecule has 1 aliphatic rings. The molecule has 1 saturated heterocycles. The van der Waals surface area contributed by atoms with Crippen LogP contribution in [0.2, 0.25) is 0 Å². The zero-order chi connectivity index (χ0) is 29.2. The van der Waals surface area contributed by atoms with E-state index in [1.807, 2.05) is 98.9 Å². The van der Waals surface area contributed by atoms with Gasteiger partial charge >= 0.3 is 11.9 Å². The predicted octanol–water partition coefficient (Wildman–Crippen LogP) is 5.41. The Kier molecular flexibility index (Phi) is 11.0. The lowest BCUT2D eigenvalue weighted by Crippen LogP contribution is -2.54. The molecule has 1 aliphatic heterocycles. The largest absolute Gasteiger partial charge is 0.460 e. The molecule has 2 unspecified atom stereocenters. The van der Waals surface area contributed by atoms with Crippen LogP contribution in [0.1, 0.15) is 49.2 Å². The molecule has 0 spiro atoms. The maximum absolute atomic E-state index is 14.1. The highest BCUT2D eigenvalue weighted by atomic mass is 32.2. The summed E-state index contributed by atoms with van der Waals surface area (Å²) in [5.74, 6) is 0.0285. The van der Waals surface area contributed by atoms with Gasteiger partial charge in [-0.1, -0.05) is 66.7 Å². The van der Waals surface area contributed by atoms with Crippen molar-refractivity contribution in [3.8, 4) is 0 Å². The van der Waals surface area contributed by atoms with E-state index >= 15 is 0 Å². The van der Waals surface area contributed by atoms with Gasteiger partial charge in [-0.05, 0) is 56.2 Å². The average molecular weight is 595 g/mol. The van der Waals surface area contributed by atoms with Crippen LogP contribution in [0.4, 0.5) is 0 Å². The molecule has 2 aromatic carbocycles. The summed E-state index contributed by atoms with van der Waals surface area (Å²) in [6.45, 7) is 5.42. The zero-order valence-corrected chi connectivity index (χ0v) is 25.4. The third-order valence-corrected chi connectivity index (χ3v) is 8.68. The minimum Gasteiger partial charge on any atom is -0.460 e. The van der Waals surface area contributed by atoms with Gasteiger partial charge in [-0.3, -0.25) is 19.7 Å². The molecule has 4 rings (SSSR count). The average Bonchev–Trinajstić information content (AvgIpc) is 3.44. The van der Waals surface area contributed by atoms with Gasteiger partial charge in [0.25, 0.3) is 0 Å². The maximum Gasteiger partial charge on any atom is 0.326 e. The molecule has 1 aromatic heterocycles. The Balaban J connectivity index is 1.53. The van der Waals surface area contributed by atoms with Crippen LogP contribution in [0.15, 0.2) is 78.2 Å². The van der Waals surface area contributed by atoms with Crippen LogP contribution in [0.5, 0.6) is 0 Å². The second kappa shape index (κ2) is 14.7. The molecule has 1 fully saturated rings. The fourth-order valence-electron chi connectivity index (χ4n) is 4.65. The van der Waals surface area contributed by atoms with Crippen molar-refractivity contribution in [2.75, 3.05) is 18.1 Å². The summed E-state index contributed by atoms with van der Waals surface area (Å²) in [6, 6.07) is 21.8. The molecular formula is C32H38N2O5S2. The number of amides is 1. The molecule has 218 valence electrons. The van der Waals surface area contributed by atoms with Gasteiger partial charge in [0.1, 0.15) is 24.8 Å². The minimum atomic E-state index is -0.699. The topological polar surface area (TPSA) is 84.9 Å². The van der Waals surface area contributed by atoms with Crippen molar-refractivity contribution in [3.05, 3.63) is 94.2 Å². The normalized spacial score (nSPS) is 18.4. The van der Waals surface area contributed by atoms with E-state index in [1.54, 1.807) is 28.0 Å². The Hall–Kier alpha value is -3.14. The fourth-order valence-corrected chi connectivity index (χ4v) is 6.78. The van der Waals surface area contributed by atoms with E-state index in [1.165, 1.54) is 0 Å². The number of nitrogens with zero attached hydrogens (tertiary/aromatic N) is 1. The highest BCUT2D eigenvalue weighted by Crippen LogP contribution is 2.32. The molecule has 7 nitrogen and oxygen atoms in total. The second-order valence-corrected chi connectivity index (χ2v) is 13.1. The van der Waals surface area contributed by atoms with Gasteiger partial charge in [-0.2, -0.15) is 11.8 Å². The number of esters is 2. The molecule has 1 amide bonds. The highest BCUT2D eigenvalue weighted by Gasteiger charge is 2.38. The number of carbonyl (C=O) groups is 3. The van der Waals surface area contributed by atoms with Crippen molar-refractivity contribution in [2.24, 2.45) is 0 Å². The summed E-state index contributed by atoms with van der Waals surface area (Å²) in [7, 11) is 0. The van der Waals surface area contributed by atoms with Crippen molar-refractivity contribution in [2.45, 2.75) is 63.9 Å². The summed E-state index contributed by atoms with van der Waals surface area (Å²) in [5.41, 5.74) is 1.33. The number of rotatable bonds is 11. The first kappa shape index (κ1) is 30.8. The number of hydrogen-bond acceptors (Lipinski definition) is 8. The number of carbonyl (C=O) groups excluding carboxylic acids is 3. The lowest BCUT2D eigenvalue weighted by Gasteiger charge is -2.32. The molecular weight excluding hydrogens is 556 g/mol. The first-order valence-electron chi connectivity index (χ1n) is 13.8. The van der Waals surface area contributed by atoms with Gasteiger partial charge in [0, 0.05) is 16.4 Å². The number of thiophene rings is 1. The SMILES string of the molecule is CC(C)(C)OC(=O)CN1C(=O)C(N[C@H](CCc2ccccc2)C(=O)OCc2ccccc2)CSCC1c1cccs1. The maximum atomic E-state index is 14.1. The van der Waals surface area contributed by atoms with Crippen LogP contribution in [0, 0.1) is 0 Å². The van der Waals surface area contributed by atoms with Crippen molar-refractivity contribution < 1.29 is 23.9 Å². The Bertz CT molecular complexity index is 1260. The summed E-state index contributed by atoms with van der Waals surface area (Å²) in [5, 5.41) is 5.31. The number of thioether (sulfide) groups is 1. The Morgan fingerprint density at radius 1 is 0.976 bits per heavy atom. The third kappa shape index (κ3) is 9.45. The zero-order valence-electron chi connectivity index (χ0n) is 23.8. The van der Waals surface area contributed by atoms with E-state index in [9.17, 15) is 14.4 Å². The van der Waals surface area contributed by atoms with Gasteiger partial charge < -0.3 is 14.4 Å². The lowest BCUT2D eigenvalue weighted by atomic mass is 10.0. The number of aryl methyl sites for hydroxylation is 1. The molecule has 2 heterocycles. The van der Waals surface area contributed by atoms with E-state index in [0.717, 1.165) is 16.0 Å². The van der Waals surface area contributed by atoms with Gasteiger partial charge in [-0.25, -0.2) is 0 Å². The number of nitrogens with one attached hydrogen (secondary N) is 1. The van der Waals surface area contributed by atoms with Crippen molar-refractivity contribution in [1.82, 2.24) is 10.2 Å². The van der Waals surface area contributed by atoms with Crippen molar-refractivity contribution in [1.29, 1.82) is 0 Å². The van der Waals surface area contributed by atoms with Crippen LogP contribution in [-0.4, -0.2) is 58.5 Å². The lowest BCUT2D eigenvalue weighted by molar-refractivity contribution is -0.160. The van der Waals surface area contributed by atoms with Gasteiger partial charge in [0.05, 0.1) is 12.1 Å².